The van der Waals surface area contributed by atoms with E-state index in [2.05, 4.69) is 15.5 Å². The lowest BCUT2D eigenvalue weighted by Crippen LogP contribution is -2.14. The van der Waals surface area contributed by atoms with Crippen molar-refractivity contribution in [3.05, 3.63) is 35.9 Å². The number of nitrogens with zero attached hydrogens (tertiary/aromatic N) is 4. The molecule has 0 radical (unpaired) electrons. The Morgan fingerprint density at radius 3 is 2.21 bits per heavy atom. The van der Waals surface area contributed by atoms with Gasteiger partial charge in [-0.15, -0.1) is 0 Å². The van der Waals surface area contributed by atoms with Crippen LogP contribution in [-0.4, -0.2) is 26.0 Å². The van der Waals surface area contributed by atoms with Gasteiger partial charge < -0.3 is 5.32 Å². The quantitative estimate of drug-likeness (QED) is 0.831. The maximum atomic E-state index is 12.2. The highest BCUT2D eigenvalue weighted by Crippen LogP contribution is 2.01. The topological polar surface area (TPSA) is 47.7 Å². The summed E-state index contributed by atoms with van der Waals surface area (Å²) in [5, 5.41) is 11.6. The van der Waals surface area contributed by atoms with Gasteiger partial charge in [0.15, 0.2) is 0 Å². The lowest BCUT2D eigenvalue weighted by Gasteiger charge is -2.01. The van der Waals surface area contributed by atoms with Gasteiger partial charge in [-0.05, 0) is 19.1 Å². The van der Waals surface area contributed by atoms with Gasteiger partial charge in [0.1, 0.15) is 6.54 Å². The number of hydrogen-bond acceptors (Lipinski definition) is 3. The molecule has 0 aliphatic carbocycles. The average Bonchev–Trinajstić information content (AvgIpc) is 2.98. The van der Waals surface area contributed by atoms with Crippen LogP contribution in [0.5, 0.6) is 0 Å². The van der Waals surface area contributed by atoms with Gasteiger partial charge in [0.2, 0.25) is 0 Å². The predicted octanol–water partition coefficient (Wildman–Crippen LogP) is 1.65. The maximum Gasteiger partial charge on any atom is 0.257 e. The van der Waals surface area contributed by atoms with Crippen LogP contribution in [0.4, 0.5) is 8.78 Å². The first kappa shape index (κ1) is 13.7. The number of aromatic nitrogens is 4. The van der Waals surface area contributed by atoms with E-state index in [1.807, 2.05) is 23.9 Å². The summed E-state index contributed by atoms with van der Waals surface area (Å²) >= 11 is 0. The van der Waals surface area contributed by atoms with Gasteiger partial charge in [-0.1, -0.05) is 0 Å². The normalized spacial score (nSPS) is 11.4. The fourth-order valence-corrected chi connectivity index (χ4v) is 1.73. The van der Waals surface area contributed by atoms with Crippen molar-refractivity contribution in [2.45, 2.75) is 39.5 Å². The number of hydrogen-bond donors (Lipinski definition) is 1. The van der Waals surface area contributed by atoms with Gasteiger partial charge in [0.25, 0.3) is 6.43 Å². The molecule has 0 unspecified atom stereocenters. The van der Waals surface area contributed by atoms with Crippen LogP contribution in [0.3, 0.4) is 0 Å². The van der Waals surface area contributed by atoms with Gasteiger partial charge in [-0.25, -0.2) is 8.78 Å². The number of nitrogens with one attached hydrogen (secondary N) is 1. The Bertz CT molecular complexity index is 506. The van der Waals surface area contributed by atoms with Gasteiger partial charge in [-0.2, -0.15) is 10.2 Å². The standard InChI is InChI=1S/C12H17F2N5/c1-2-18-5-3-10(16-18)7-15-8-11-4-6-19(17-11)9-12(13)14/h3-6,12,15H,2,7-9H2,1H3. The highest BCUT2D eigenvalue weighted by atomic mass is 19.3. The van der Waals surface area contributed by atoms with Crippen molar-refractivity contribution in [1.82, 2.24) is 24.9 Å². The van der Waals surface area contributed by atoms with Crippen LogP contribution in [0.15, 0.2) is 24.5 Å². The minimum absolute atomic E-state index is 0.360. The molecule has 7 heteroatoms. The van der Waals surface area contributed by atoms with Gasteiger partial charge in [-0.3, -0.25) is 9.36 Å². The average molecular weight is 269 g/mol. The lowest BCUT2D eigenvalue weighted by molar-refractivity contribution is 0.121. The van der Waals surface area contributed by atoms with E-state index < -0.39 is 6.43 Å². The predicted molar refractivity (Wildman–Crippen MR) is 66.7 cm³/mol. The van der Waals surface area contributed by atoms with E-state index in [-0.39, 0.29) is 6.54 Å². The van der Waals surface area contributed by atoms with E-state index in [0.717, 1.165) is 17.9 Å². The molecule has 0 aliphatic rings. The summed E-state index contributed by atoms with van der Waals surface area (Å²) in [6, 6.07) is 3.69. The molecule has 0 bridgehead atoms. The van der Waals surface area contributed by atoms with Crippen LogP contribution >= 0.6 is 0 Å². The summed E-state index contributed by atoms with van der Waals surface area (Å²) in [7, 11) is 0. The van der Waals surface area contributed by atoms with E-state index in [1.54, 1.807) is 12.3 Å². The van der Waals surface area contributed by atoms with Crippen molar-refractivity contribution in [2.24, 2.45) is 0 Å². The first-order chi connectivity index (χ1) is 9.17. The summed E-state index contributed by atoms with van der Waals surface area (Å²) in [5.74, 6) is 0. The zero-order valence-corrected chi connectivity index (χ0v) is 10.8. The van der Waals surface area contributed by atoms with E-state index in [9.17, 15) is 8.78 Å². The summed E-state index contributed by atoms with van der Waals surface area (Å²) in [5.41, 5.74) is 1.70. The van der Waals surface area contributed by atoms with Crippen LogP contribution in [-0.2, 0) is 26.2 Å². The third-order valence-corrected chi connectivity index (χ3v) is 2.65. The van der Waals surface area contributed by atoms with Crippen molar-refractivity contribution in [3.63, 3.8) is 0 Å². The van der Waals surface area contributed by atoms with Crippen molar-refractivity contribution in [1.29, 1.82) is 0 Å². The Labute approximate surface area is 110 Å². The Morgan fingerprint density at radius 2 is 1.68 bits per heavy atom. The molecule has 5 nitrogen and oxygen atoms in total. The third-order valence-electron chi connectivity index (χ3n) is 2.65. The van der Waals surface area contributed by atoms with Gasteiger partial charge in [0, 0.05) is 32.0 Å². The molecule has 1 N–H and O–H groups in total. The lowest BCUT2D eigenvalue weighted by atomic mass is 10.4. The molecule has 0 saturated heterocycles. The zero-order chi connectivity index (χ0) is 13.7. The molecule has 0 saturated carbocycles. The van der Waals surface area contributed by atoms with Gasteiger partial charge in [0.05, 0.1) is 11.4 Å². The smallest absolute Gasteiger partial charge is 0.257 e. The van der Waals surface area contributed by atoms with Crippen LogP contribution in [0.2, 0.25) is 0 Å². The molecule has 19 heavy (non-hydrogen) atoms. The molecular formula is C12H17F2N5. The maximum absolute atomic E-state index is 12.2. The molecule has 2 rings (SSSR count). The van der Waals surface area contributed by atoms with Crippen molar-refractivity contribution in [3.8, 4) is 0 Å². The SMILES string of the molecule is CCn1ccc(CNCc2ccn(CC(F)F)n2)n1. The largest absolute Gasteiger partial charge is 0.305 e. The second-order valence-electron chi connectivity index (χ2n) is 4.19. The fourth-order valence-electron chi connectivity index (χ4n) is 1.73. The first-order valence-electron chi connectivity index (χ1n) is 6.21. The Balaban J connectivity index is 1.77. The monoisotopic (exact) mass is 269 g/mol. The first-order valence-corrected chi connectivity index (χ1v) is 6.21. The molecule has 2 heterocycles. The third kappa shape index (κ3) is 4.13. The van der Waals surface area contributed by atoms with Crippen molar-refractivity contribution >= 4 is 0 Å². The molecule has 0 amide bonds. The van der Waals surface area contributed by atoms with E-state index in [1.165, 1.54) is 4.68 Å². The number of rotatable bonds is 7. The van der Waals surface area contributed by atoms with E-state index >= 15 is 0 Å². The highest BCUT2D eigenvalue weighted by Gasteiger charge is 2.05. The van der Waals surface area contributed by atoms with Crippen LogP contribution in [0.25, 0.3) is 0 Å². The Hall–Kier alpha value is -1.76. The minimum Gasteiger partial charge on any atom is -0.305 e. The highest BCUT2D eigenvalue weighted by molar-refractivity contribution is 5.01. The molecule has 2 aromatic heterocycles. The van der Waals surface area contributed by atoms with Crippen molar-refractivity contribution in [2.75, 3.05) is 0 Å². The summed E-state index contributed by atoms with van der Waals surface area (Å²) in [6.45, 7) is 3.68. The van der Waals surface area contributed by atoms with Gasteiger partial charge >= 0.3 is 0 Å². The Kier molecular flexibility index (Phi) is 4.62. The van der Waals surface area contributed by atoms with E-state index in [0.29, 0.717) is 13.1 Å². The molecule has 0 aromatic carbocycles. The number of aryl methyl sites for hydroxylation is 1. The van der Waals surface area contributed by atoms with Crippen LogP contribution < -0.4 is 5.32 Å². The minimum atomic E-state index is -2.38. The summed E-state index contributed by atoms with van der Waals surface area (Å²) < 4.78 is 27.4. The second kappa shape index (κ2) is 6.42. The molecule has 0 spiro atoms. The molecular weight excluding hydrogens is 252 g/mol. The zero-order valence-electron chi connectivity index (χ0n) is 10.8. The van der Waals surface area contributed by atoms with Crippen molar-refractivity contribution < 1.29 is 8.78 Å². The van der Waals surface area contributed by atoms with Crippen LogP contribution in [0.1, 0.15) is 18.3 Å². The molecule has 0 atom stereocenters. The number of alkyl halides is 2. The fraction of sp³-hybridized carbons (Fsp3) is 0.500. The molecule has 0 aliphatic heterocycles. The molecule has 104 valence electrons. The number of halogens is 2. The summed E-state index contributed by atoms with van der Waals surface area (Å²) in [4.78, 5) is 0. The summed E-state index contributed by atoms with van der Waals surface area (Å²) in [6.07, 6.45) is 1.11. The molecule has 2 aromatic rings. The molecule has 0 fully saturated rings. The second-order valence-corrected chi connectivity index (χ2v) is 4.19. The van der Waals surface area contributed by atoms with Crippen LogP contribution in [0, 0.1) is 0 Å². The van der Waals surface area contributed by atoms with E-state index in [4.69, 9.17) is 0 Å². The Morgan fingerprint density at radius 1 is 1.11 bits per heavy atom.